The Morgan fingerprint density at radius 3 is 2.27 bits per heavy atom. The highest BCUT2D eigenvalue weighted by Gasteiger charge is 2.18. The first kappa shape index (κ1) is 15.0. The van der Waals surface area contributed by atoms with Crippen molar-refractivity contribution >= 4 is 32.6 Å². The van der Waals surface area contributed by atoms with Gasteiger partial charge in [0.2, 0.25) is 11.2 Å². The molecule has 0 radical (unpaired) electrons. The summed E-state index contributed by atoms with van der Waals surface area (Å²) in [5, 5.41) is 5.03. The van der Waals surface area contributed by atoms with Crippen molar-refractivity contribution in [2.45, 2.75) is 6.92 Å². The zero-order valence-electron chi connectivity index (χ0n) is 14.9. The van der Waals surface area contributed by atoms with Crippen LogP contribution in [0.15, 0.2) is 79.0 Å². The molecule has 2 nitrogen and oxygen atoms in total. The third-order valence-electron chi connectivity index (χ3n) is 5.37. The van der Waals surface area contributed by atoms with E-state index in [2.05, 4.69) is 91.3 Å². The predicted octanol–water partition coefficient (Wildman–Crippen LogP) is 5.34. The number of aromatic nitrogens is 2. The predicted molar refractivity (Wildman–Crippen MR) is 108 cm³/mol. The standard InChI is InChI=1S/C24H19N2/c1-16-20-10-6-5-7-17(20)11-12-21(16)24-15-25-22-13-18-8-3-4-9-19(18)14-23(22)26(24)2/h3-15H,1-2H3/q+1. The Labute approximate surface area is 152 Å². The number of hydrogen-bond donors (Lipinski definition) is 0. The van der Waals surface area contributed by atoms with Gasteiger partial charge in [-0.1, -0.05) is 54.6 Å². The van der Waals surface area contributed by atoms with Crippen molar-refractivity contribution < 1.29 is 4.57 Å². The van der Waals surface area contributed by atoms with Crippen LogP contribution in [0, 0.1) is 6.92 Å². The van der Waals surface area contributed by atoms with Crippen molar-refractivity contribution in [2.24, 2.45) is 7.05 Å². The minimum Gasteiger partial charge on any atom is -0.243 e. The average molecular weight is 335 g/mol. The molecule has 0 amide bonds. The van der Waals surface area contributed by atoms with Crippen LogP contribution in [0.5, 0.6) is 0 Å². The summed E-state index contributed by atoms with van der Waals surface area (Å²) >= 11 is 0. The molecule has 1 heterocycles. The van der Waals surface area contributed by atoms with E-state index < -0.39 is 0 Å². The Kier molecular flexibility index (Phi) is 3.26. The molecular weight excluding hydrogens is 316 g/mol. The van der Waals surface area contributed by atoms with Crippen molar-refractivity contribution in [2.75, 3.05) is 0 Å². The quantitative estimate of drug-likeness (QED) is 0.298. The van der Waals surface area contributed by atoms with Crippen molar-refractivity contribution in [3.8, 4) is 11.3 Å². The van der Waals surface area contributed by atoms with E-state index in [9.17, 15) is 0 Å². The lowest BCUT2D eigenvalue weighted by Crippen LogP contribution is -2.32. The van der Waals surface area contributed by atoms with Crippen LogP contribution in [0.4, 0.5) is 0 Å². The maximum atomic E-state index is 4.77. The molecule has 0 spiro atoms. The fourth-order valence-corrected chi connectivity index (χ4v) is 3.89. The van der Waals surface area contributed by atoms with Gasteiger partial charge in [0.05, 0.1) is 5.56 Å². The number of fused-ring (bicyclic) bond motifs is 3. The fraction of sp³-hybridized carbons (Fsp3) is 0.0833. The molecule has 0 atom stereocenters. The van der Waals surface area contributed by atoms with Gasteiger partial charge in [0, 0.05) is 6.07 Å². The molecule has 0 aliphatic carbocycles. The van der Waals surface area contributed by atoms with E-state index in [1.54, 1.807) is 0 Å². The van der Waals surface area contributed by atoms with Gasteiger partial charge in [-0.15, -0.1) is 0 Å². The van der Waals surface area contributed by atoms with Crippen LogP contribution in [0.2, 0.25) is 0 Å². The van der Waals surface area contributed by atoms with Gasteiger partial charge in [-0.25, -0.2) is 4.98 Å². The summed E-state index contributed by atoms with van der Waals surface area (Å²) in [7, 11) is 2.13. The highest BCUT2D eigenvalue weighted by Crippen LogP contribution is 2.29. The monoisotopic (exact) mass is 335 g/mol. The minimum atomic E-state index is 1.02. The van der Waals surface area contributed by atoms with E-state index in [0.29, 0.717) is 0 Å². The maximum Gasteiger partial charge on any atom is 0.232 e. The Hall–Kier alpha value is -3.26. The van der Waals surface area contributed by atoms with Crippen LogP contribution in [0.25, 0.3) is 43.8 Å². The first-order valence-corrected chi connectivity index (χ1v) is 8.88. The van der Waals surface area contributed by atoms with Gasteiger partial charge >= 0.3 is 0 Å². The topological polar surface area (TPSA) is 16.8 Å². The van der Waals surface area contributed by atoms with Crippen molar-refractivity contribution in [1.29, 1.82) is 0 Å². The molecular formula is C24H19N2+. The first-order valence-electron chi connectivity index (χ1n) is 8.88. The second-order valence-electron chi connectivity index (χ2n) is 6.85. The summed E-state index contributed by atoms with van der Waals surface area (Å²) < 4.78 is 2.26. The van der Waals surface area contributed by atoms with Gasteiger partial charge in [0.25, 0.3) is 0 Å². The smallest absolute Gasteiger partial charge is 0.232 e. The van der Waals surface area contributed by atoms with E-state index in [1.165, 1.54) is 32.7 Å². The second-order valence-corrected chi connectivity index (χ2v) is 6.85. The first-order chi connectivity index (χ1) is 12.7. The van der Waals surface area contributed by atoms with Crippen molar-refractivity contribution in [1.82, 2.24) is 4.98 Å². The molecule has 0 fully saturated rings. The summed E-state index contributed by atoms with van der Waals surface area (Å²) in [6, 6.07) is 25.8. The molecule has 0 saturated carbocycles. The average Bonchev–Trinajstić information content (AvgIpc) is 2.68. The SMILES string of the molecule is Cc1c(-c2cnc3cc4ccccc4cc3[n+]2C)ccc2ccccc12. The van der Waals surface area contributed by atoms with Gasteiger partial charge in [-0.3, -0.25) is 0 Å². The van der Waals surface area contributed by atoms with Gasteiger partial charge in [-0.05, 0) is 46.2 Å². The lowest BCUT2D eigenvalue weighted by atomic mass is 9.98. The van der Waals surface area contributed by atoms with Crippen molar-refractivity contribution in [3.63, 3.8) is 0 Å². The molecule has 26 heavy (non-hydrogen) atoms. The van der Waals surface area contributed by atoms with Gasteiger partial charge in [0.1, 0.15) is 18.8 Å². The summed E-state index contributed by atoms with van der Waals surface area (Å²) in [6.45, 7) is 2.20. The maximum absolute atomic E-state index is 4.77. The molecule has 0 bridgehead atoms. The molecule has 5 aromatic rings. The number of aryl methyl sites for hydroxylation is 2. The van der Waals surface area contributed by atoms with Crippen LogP contribution in [-0.2, 0) is 7.05 Å². The van der Waals surface area contributed by atoms with Crippen LogP contribution < -0.4 is 4.57 Å². The van der Waals surface area contributed by atoms with Crippen LogP contribution in [0.1, 0.15) is 5.56 Å². The van der Waals surface area contributed by atoms with Gasteiger partial charge in [-0.2, -0.15) is 4.57 Å². The summed E-state index contributed by atoms with van der Waals surface area (Å²) in [6.07, 6.45) is 1.99. The third-order valence-corrected chi connectivity index (χ3v) is 5.37. The molecule has 0 saturated heterocycles. The van der Waals surface area contributed by atoms with Gasteiger partial charge < -0.3 is 0 Å². The molecule has 5 rings (SSSR count). The molecule has 0 aliphatic rings. The number of rotatable bonds is 1. The number of nitrogens with zero attached hydrogens (tertiary/aromatic N) is 2. The Morgan fingerprint density at radius 2 is 1.46 bits per heavy atom. The zero-order valence-corrected chi connectivity index (χ0v) is 14.9. The molecule has 0 N–H and O–H groups in total. The van der Waals surface area contributed by atoms with E-state index in [-0.39, 0.29) is 0 Å². The van der Waals surface area contributed by atoms with Crippen LogP contribution in [0.3, 0.4) is 0 Å². The second kappa shape index (κ2) is 5.63. The van der Waals surface area contributed by atoms with Crippen LogP contribution in [-0.4, -0.2) is 4.98 Å². The Bertz CT molecular complexity index is 1300. The Morgan fingerprint density at radius 1 is 0.769 bits per heavy atom. The van der Waals surface area contributed by atoms with Gasteiger partial charge in [0.15, 0.2) is 0 Å². The third kappa shape index (κ3) is 2.19. The molecule has 124 valence electrons. The normalized spacial score (nSPS) is 11.5. The molecule has 0 aliphatic heterocycles. The highest BCUT2D eigenvalue weighted by molar-refractivity contribution is 5.94. The largest absolute Gasteiger partial charge is 0.243 e. The van der Waals surface area contributed by atoms with E-state index >= 15 is 0 Å². The summed E-state index contributed by atoms with van der Waals surface area (Å²) in [4.78, 5) is 4.77. The minimum absolute atomic E-state index is 1.02. The Balaban J connectivity index is 1.81. The number of hydrogen-bond acceptors (Lipinski definition) is 1. The molecule has 0 unspecified atom stereocenters. The fourth-order valence-electron chi connectivity index (χ4n) is 3.89. The lowest BCUT2D eigenvalue weighted by Gasteiger charge is -2.09. The van der Waals surface area contributed by atoms with Crippen molar-refractivity contribution in [3.05, 3.63) is 84.6 Å². The summed E-state index contributed by atoms with van der Waals surface area (Å²) in [5.74, 6) is 0. The van der Waals surface area contributed by atoms with E-state index in [4.69, 9.17) is 4.98 Å². The molecule has 4 aromatic carbocycles. The highest BCUT2D eigenvalue weighted by atomic mass is 15.0. The number of benzene rings is 4. The van der Waals surface area contributed by atoms with Crippen LogP contribution >= 0.6 is 0 Å². The van der Waals surface area contributed by atoms with E-state index in [1.807, 2.05) is 6.20 Å². The molecule has 2 heteroatoms. The lowest BCUT2D eigenvalue weighted by molar-refractivity contribution is -0.633. The summed E-state index contributed by atoms with van der Waals surface area (Å²) in [5.41, 5.74) is 5.83. The molecule has 1 aromatic heterocycles. The van der Waals surface area contributed by atoms with E-state index in [0.717, 1.165) is 16.7 Å². The zero-order chi connectivity index (χ0) is 17.7.